The van der Waals surface area contributed by atoms with Gasteiger partial charge in [-0.25, -0.2) is 9.07 Å². The summed E-state index contributed by atoms with van der Waals surface area (Å²) in [5.41, 5.74) is 1.43. The van der Waals surface area contributed by atoms with Crippen LogP contribution in [0.5, 0.6) is 0 Å². The minimum absolute atomic E-state index is 0.0522. The van der Waals surface area contributed by atoms with E-state index >= 15 is 0 Å². The van der Waals surface area contributed by atoms with Crippen molar-refractivity contribution >= 4 is 11.9 Å². The van der Waals surface area contributed by atoms with Crippen LogP contribution in [0.4, 0.5) is 4.39 Å². The molecule has 2 aromatic rings. The Morgan fingerprint density at radius 3 is 2.55 bits per heavy atom. The van der Waals surface area contributed by atoms with Gasteiger partial charge in [0.2, 0.25) is 5.91 Å². The zero-order valence-corrected chi connectivity index (χ0v) is 17.9. The zero-order chi connectivity index (χ0) is 21.4. The number of benzene rings is 1. The number of hydrogen-bond donors (Lipinski definition) is 2. The van der Waals surface area contributed by atoms with Crippen LogP contribution in [0, 0.1) is 5.82 Å². The summed E-state index contributed by atoms with van der Waals surface area (Å²) in [5.74, 6) is 0.352. The van der Waals surface area contributed by atoms with Crippen molar-refractivity contribution in [3.63, 3.8) is 0 Å². The summed E-state index contributed by atoms with van der Waals surface area (Å²) in [6.45, 7) is 9.32. The second-order valence-corrected chi connectivity index (χ2v) is 7.87. The van der Waals surface area contributed by atoms with Crippen molar-refractivity contribution in [1.82, 2.24) is 25.3 Å². The number of guanidine groups is 1. The third kappa shape index (κ3) is 7.56. The Kier molecular flexibility index (Phi) is 7.75. The molecule has 0 saturated carbocycles. The van der Waals surface area contributed by atoms with Crippen LogP contribution < -0.4 is 10.6 Å². The van der Waals surface area contributed by atoms with Crippen molar-refractivity contribution < 1.29 is 9.18 Å². The molecule has 7 nitrogen and oxygen atoms in total. The highest BCUT2D eigenvalue weighted by Crippen LogP contribution is 2.09. The molecule has 0 fully saturated rings. The fourth-order valence-corrected chi connectivity index (χ4v) is 2.73. The predicted octanol–water partition coefficient (Wildman–Crippen LogP) is 2.37. The maximum atomic E-state index is 13.1. The Hall–Kier alpha value is -2.90. The smallest absolute Gasteiger partial charge is 0.240 e. The van der Waals surface area contributed by atoms with E-state index in [4.69, 9.17) is 0 Å². The number of halogens is 1. The third-order valence-electron chi connectivity index (χ3n) is 3.96. The maximum Gasteiger partial charge on any atom is 0.240 e. The average Bonchev–Trinajstić information content (AvgIpc) is 3.08. The highest BCUT2D eigenvalue weighted by Gasteiger charge is 2.16. The summed E-state index contributed by atoms with van der Waals surface area (Å²) in [4.78, 5) is 18.6. The molecule has 1 aromatic heterocycles. The van der Waals surface area contributed by atoms with E-state index in [-0.39, 0.29) is 23.8 Å². The zero-order valence-electron chi connectivity index (χ0n) is 17.9. The first-order valence-electron chi connectivity index (χ1n) is 9.79. The third-order valence-corrected chi connectivity index (χ3v) is 3.96. The lowest BCUT2D eigenvalue weighted by atomic mass is 10.1. The van der Waals surface area contributed by atoms with Gasteiger partial charge in [-0.3, -0.25) is 9.79 Å². The topological polar surface area (TPSA) is 74.5 Å². The predicted molar refractivity (Wildman–Crippen MR) is 114 cm³/mol. The number of carbonyl (C=O) groups excluding carboxylic acids is 1. The van der Waals surface area contributed by atoms with Gasteiger partial charge in [0.25, 0.3) is 0 Å². The van der Waals surface area contributed by atoms with E-state index in [2.05, 4.69) is 20.7 Å². The molecule has 1 amide bonds. The number of nitrogens with zero attached hydrogens (tertiary/aromatic N) is 4. The van der Waals surface area contributed by atoms with Crippen molar-refractivity contribution in [2.45, 2.75) is 39.7 Å². The first-order chi connectivity index (χ1) is 13.7. The molecule has 2 rings (SSSR count). The molecule has 8 heteroatoms. The Labute approximate surface area is 172 Å². The van der Waals surface area contributed by atoms with Gasteiger partial charge in [0.1, 0.15) is 5.82 Å². The van der Waals surface area contributed by atoms with E-state index in [1.165, 1.54) is 12.1 Å². The van der Waals surface area contributed by atoms with Gasteiger partial charge in [-0.05, 0) is 58.0 Å². The lowest BCUT2D eigenvalue weighted by Gasteiger charge is -2.25. The molecular formula is C21H31FN6O. The number of amides is 1. The van der Waals surface area contributed by atoms with Crippen molar-refractivity contribution in [1.29, 1.82) is 0 Å². The van der Waals surface area contributed by atoms with E-state index in [1.54, 1.807) is 16.8 Å². The maximum absolute atomic E-state index is 13.1. The second-order valence-electron chi connectivity index (χ2n) is 7.87. The average molecular weight is 403 g/mol. The van der Waals surface area contributed by atoms with Crippen LogP contribution in [0.25, 0.3) is 5.69 Å². The Balaban J connectivity index is 1.94. The van der Waals surface area contributed by atoms with Gasteiger partial charge in [-0.2, -0.15) is 5.10 Å². The van der Waals surface area contributed by atoms with Crippen molar-refractivity contribution in [3.05, 3.63) is 48.0 Å². The quantitative estimate of drug-likeness (QED) is 0.551. The molecule has 1 heterocycles. The second kappa shape index (κ2) is 10.0. The Morgan fingerprint density at radius 2 is 1.93 bits per heavy atom. The van der Waals surface area contributed by atoms with Crippen LogP contribution in [-0.4, -0.2) is 58.8 Å². The van der Waals surface area contributed by atoms with Gasteiger partial charge in [0.15, 0.2) is 5.96 Å². The number of carbonyl (C=O) groups is 1. The highest BCUT2D eigenvalue weighted by molar-refractivity contribution is 5.86. The first kappa shape index (κ1) is 22.4. The minimum atomic E-state index is -0.272. The van der Waals surface area contributed by atoms with Crippen LogP contribution in [0.2, 0.25) is 0 Å². The Bertz CT molecular complexity index is 822. The normalized spacial score (nSPS) is 12.0. The van der Waals surface area contributed by atoms with Crippen LogP contribution in [0.3, 0.4) is 0 Å². The highest BCUT2D eigenvalue weighted by atomic mass is 19.1. The molecule has 2 N–H and O–H groups in total. The van der Waals surface area contributed by atoms with Crippen LogP contribution in [0.1, 0.15) is 33.4 Å². The van der Waals surface area contributed by atoms with Crippen LogP contribution >= 0.6 is 0 Å². The molecule has 0 aliphatic heterocycles. The first-order valence-corrected chi connectivity index (χ1v) is 9.79. The Morgan fingerprint density at radius 1 is 1.24 bits per heavy atom. The van der Waals surface area contributed by atoms with Crippen LogP contribution in [0.15, 0.2) is 41.5 Å². The lowest BCUT2D eigenvalue weighted by molar-refractivity contribution is -0.122. The molecule has 0 atom stereocenters. The fraction of sp³-hybridized carbons (Fsp3) is 0.476. The van der Waals surface area contributed by atoms with Gasteiger partial charge in [-0.1, -0.05) is 0 Å². The molecule has 0 spiro atoms. The van der Waals surface area contributed by atoms with Gasteiger partial charge >= 0.3 is 0 Å². The molecule has 158 valence electrons. The van der Waals surface area contributed by atoms with Gasteiger partial charge in [-0.15, -0.1) is 0 Å². The summed E-state index contributed by atoms with van der Waals surface area (Å²) in [6.07, 6.45) is 2.51. The monoisotopic (exact) mass is 402 g/mol. The van der Waals surface area contributed by atoms with Gasteiger partial charge in [0, 0.05) is 38.3 Å². The number of aromatic nitrogens is 2. The van der Waals surface area contributed by atoms with E-state index in [9.17, 15) is 9.18 Å². The van der Waals surface area contributed by atoms with Gasteiger partial charge in [0.05, 0.1) is 17.9 Å². The van der Waals surface area contributed by atoms with Gasteiger partial charge < -0.3 is 15.5 Å². The summed E-state index contributed by atoms with van der Waals surface area (Å²) >= 11 is 0. The van der Waals surface area contributed by atoms with Crippen molar-refractivity contribution in [2.24, 2.45) is 4.99 Å². The lowest BCUT2D eigenvalue weighted by Crippen LogP contribution is -2.48. The minimum Gasteiger partial charge on any atom is -0.357 e. The summed E-state index contributed by atoms with van der Waals surface area (Å²) < 4.78 is 14.8. The molecule has 0 unspecified atom stereocenters. The number of aliphatic imine (C=N–C) groups is 1. The van der Waals surface area contributed by atoms with E-state index in [0.717, 1.165) is 11.4 Å². The van der Waals surface area contributed by atoms with E-state index in [1.807, 2.05) is 51.9 Å². The fourth-order valence-electron chi connectivity index (χ4n) is 2.73. The number of hydrogen-bond acceptors (Lipinski definition) is 3. The molecule has 1 aromatic carbocycles. The molecule has 0 aliphatic carbocycles. The number of likely N-dealkylation sites (N-methyl/N-ethyl adjacent to an activating group) is 1. The van der Waals surface area contributed by atoms with E-state index in [0.29, 0.717) is 25.5 Å². The van der Waals surface area contributed by atoms with Crippen molar-refractivity contribution in [3.8, 4) is 5.69 Å². The SMILES string of the molecule is CCNC(=NCCc1ccn(-c2ccc(F)cc2)n1)N(C)CC(=O)NC(C)(C)C. The molecule has 0 aliphatic rings. The summed E-state index contributed by atoms with van der Waals surface area (Å²) in [5, 5.41) is 10.7. The summed E-state index contributed by atoms with van der Waals surface area (Å²) in [7, 11) is 1.84. The molecule has 29 heavy (non-hydrogen) atoms. The standard InChI is InChI=1S/C21H31FN6O/c1-6-23-20(27(5)15-19(29)25-21(2,3)4)24-13-11-17-12-14-28(26-17)18-9-7-16(22)8-10-18/h7-10,12,14H,6,11,13,15H2,1-5H3,(H,23,24)(H,25,29). The molecule has 0 bridgehead atoms. The largest absolute Gasteiger partial charge is 0.357 e. The number of nitrogens with one attached hydrogen (secondary N) is 2. The molecule has 0 radical (unpaired) electrons. The number of rotatable bonds is 7. The van der Waals surface area contributed by atoms with Crippen LogP contribution in [-0.2, 0) is 11.2 Å². The molecular weight excluding hydrogens is 371 g/mol. The summed E-state index contributed by atoms with van der Waals surface area (Å²) in [6, 6.07) is 8.12. The van der Waals surface area contributed by atoms with Crippen molar-refractivity contribution in [2.75, 3.05) is 26.7 Å². The molecule has 0 saturated heterocycles. The van der Waals surface area contributed by atoms with E-state index < -0.39 is 0 Å².